The molecule has 0 bridgehead atoms. The SMILES string of the molecule is Oc1cccc(SCc2ccccc2)c1C(F)(F)F. The summed E-state index contributed by atoms with van der Waals surface area (Å²) in [5.41, 5.74) is -0.0279. The highest BCUT2D eigenvalue weighted by Gasteiger charge is 2.36. The zero-order chi connectivity index (χ0) is 13.9. The quantitative estimate of drug-likeness (QED) is 0.824. The molecule has 1 nitrogen and oxygen atoms in total. The summed E-state index contributed by atoms with van der Waals surface area (Å²) >= 11 is 1.06. The largest absolute Gasteiger partial charge is 0.507 e. The number of hydrogen-bond acceptors (Lipinski definition) is 2. The average Bonchev–Trinajstić information content (AvgIpc) is 2.36. The predicted octanol–water partition coefficient (Wildman–Crippen LogP) is 4.70. The maximum atomic E-state index is 12.9. The number of phenols is 1. The molecule has 0 aromatic heterocycles. The minimum absolute atomic E-state index is 0.0383. The highest BCUT2D eigenvalue weighted by molar-refractivity contribution is 7.98. The van der Waals surface area contributed by atoms with Crippen molar-refractivity contribution in [2.24, 2.45) is 0 Å². The van der Waals surface area contributed by atoms with E-state index in [-0.39, 0.29) is 4.90 Å². The number of alkyl halides is 3. The van der Waals surface area contributed by atoms with Gasteiger partial charge in [0.05, 0.1) is 0 Å². The molecule has 2 aromatic rings. The van der Waals surface area contributed by atoms with E-state index < -0.39 is 17.5 Å². The molecule has 2 aromatic carbocycles. The zero-order valence-electron chi connectivity index (χ0n) is 9.82. The second kappa shape index (κ2) is 5.57. The van der Waals surface area contributed by atoms with E-state index in [9.17, 15) is 18.3 Å². The van der Waals surface area contributed by atoms with Crippen LogP contribution in [-0.4, -0.2) is 5.11 Å². The minimum Gasteiger partial charge on any atom is -0.507 e. The van der Waals surface area contributed by atoms with Crippen molar-refractivity contribution in [1.29, 1.82) is 0 Å². The molecule has 0 aliphatic rings. The van der Waals surface area contributed by atoms with Gasteiger partial charge in [-0.05, 0) is 17.7 Å². The van der Waals surface area contributed by atoms with Gasteiger partial charge in [-0.15, -0.1) is 11.8 Å². The third-order valence-electron chi connectivity index (χ3n) is 2.52. The van der Waals surface area contributed by atoms with Crippen LogP contribution in [0.2, 0.25) is 0 Å². The lowest BCUT2D eigenvalue weighted by Gasteiger charge is -2.13. The van der Waals surface area contributed by atoms with Crippen LogP contribution in [0.1, 0.15) is 11.1 Å². The van der Waals surface area contributed by atoms with Crippen molar-refractivity contribution < 1.29 is 18.3 Å². The lowest BCUT2D eigenvalue weighted by Crippen LogP contribution is -2.07. The standard InChI is InChI=1S/C14H11F3OS/c15-14(16,17)13-11(18)7-4-8-12(13)19-9-10-5-2-1-3-6-10/h1-8,18H,9H2. The first-order chi connectivity index (χ1) is 8.98. The summed E-state index contributed by atoms with van der Waals surface area (Å²) in [5.74, 6) is -0.307. The lowest BCUT2D eigenvalue weighted by atomic mass is 10.2. The lowest BCUT2D eigenvalue weighted by molar-refractivity contribution is -0.140. The third kappa shape index (κ3) is 3.44. The Hall–Kier alpha value is -1.62. The van der Waals surface area contributed by atoms with Gasteiger partial charge < -0.3 is 5.11 Å². The molecular formula is C14H11F3OS. The first-order valence-electron chi connectivity index (χ1n) is 5.54. The number of rotatable bonds is 3. The molecule has 0 radical (unpaired) electrons. The van der Waals surface area contributed by atoms with Crippen LogP contribution in [0.4, 0.5) is 13.2 Å². The van der Waals surface area contributed by atoms with E-state index >= 15 is 0 Å². The normalized spacial score (nSPS) is 11.5. The zero-order valence-corrected chi connectivity index (χ0v) is 10.6. The topological polar surface area (TPSA) is 20.2 Å². The molecule has 0 saturated heterocycles. The summed E-state index contributed by atoms with van der Waals surface area (Å²) < 4.78 is 38.6. The van der Waals surface area contributed by atoms with E-state index in [0.29, 0.717) is 5.75 Å². The maximum absolute atomic E-state index is 12.9. The van der Waals surface area contributed by atoms with Gasteiger partial charge in [-0.25, -0.2) is 0 Å². The number of aromatic hydroxyl groups is 1. The fourth-order valence-corrected chi connectivity index (χ4v) is 2.71. The fourth-order valence-electron chi connectivity index (χ4n) is 1.66. The Kier molecular flexibility index (Phi) is 4.04. The van der Waals surface area contributed by atoms with Gasteiger partial charge in [0, 0.05) is 10.6 Å². The van der Waals surface area contributed by atoms with Crippen molar-refractivity contribution >= 4 is 11.8 Å². The summed E-state index contributed by atoms with van der Waals surface area (Å²) in [6, 6.07) is 13.1. The molecule has 1 N–H and O–H groups in total. The number of halogens is 3. The van der Waals surface area contributed by atoms with Gasteiger partial charge in [0.15, 0.2) is 0 Å². The second-order valence-corrected chi connectivity index (χ2v) is 4.94. The molecule has 0 aliphatic carbocycles. The minimum atomic E-state index is -4.55. The van der Waals surface area contributed by atoms with Gasteiger partial charge in [-0.2, -0.15) is 13.2 Å². The van der Waals surface area contributed by atoms with Crippen LogP contribution in [0.25, 0.3) is 0 Å². The monoisotopic (exact) mass is 284 g/mol. The molecule has 19 heavy (non-hydrogen) atoms. The smallest absolute Gasteiger partial charge is 0.421 e. The molecule has 100 valence electrons. The van der Waals surface area contributed by atoms with Gasteiger partial charge >= 0.3 is 6.18 Å². The van der Waals surface area contributed by atoms with E-state index in [0.717, 1.165) is 23.4 Å². The van der Waals surface area contributed by atoms with E-state index in [4.69, 9.17) is 0 Å². The van der Waals surface area contributed by atoms with E-state index in [1.807, 2.05) is 30.3 Å². The molecule has 0 unspecified atom stereocenters. The van der Waals surface area contributed by atoms with Crippen LogP contribution in [0.5, 0.6) is 5.75 Å². The molecule has 2 rings (SSSR count). The number of phenolic OH excluding ortho intramolecular Hbond substituents is 1. The summed E-state index contributed by atoms with van der Waals surface area (Å²) in [6.07, 6.45) is -4.55. The maximum Gasteiger partial charge on any atom is 0.421 e. The van der Waals surface area contributed by atoms with Gasteiger partial charge in [0.2, 0.25) is 0 Å². The van der Waals surface area contributed by atoms with Crippen molar-refractivity contribution in [2.45, 2.75) is 16.8 Å². The van der Waals surface area contributed by atoms with Crippen molar-refractivity contribution in [3.8, 4) is 5.75 Å². The number of hydrogen-bond donors (Lipinski definition) is 1. The van der Waals surface area contributed by atoms with Crippen molar-refractivity contribution in [2.75, 3.05) is 0 Å². The second-order valence-electron chi connectivity index (χ2n) is 3.92. The Morgan fingerprint density at radius 1 is 0.947 bits per heavy atom. The van der Waals surface area contributed by atoms with Crippen LogP contribution in [0, 0.1) is 0 Å². The first-order valence-corrected chi connectivity index (χ1v) is 6.53. The summed E-state index contributed by atoms with van der Waals surface area (Å²) in [4.78, 5) is 0.0383. The number of thioether (sulfide) groups is 1. The van der Waals surface area contributed by atoms with Crippen LogP contribution >= 0.6 is 11.8 Å². The van der Waals surface area contributed by atoms with Crippen LogP contribution in [-0.2, 0) is 11.9 Å². The van der Waals surface area contributed by atoms with Crippen LogP contribution in [0.15, 0.2) is 53.4 Å². The van der Waals surface area contributed by atoms with Crippen LogP contribution < -0.4 is 0 Å². The van der Waals surface area contributed by atoms with E-state index in [1.54, 1.807) is 0 Å². The molecule has 5 heteroatoms. The molecule has 0 amide bonds. The number of benzene rings is 2. The molecule has 0 aliphatic heterocycles. The Labute approximate surface area is 113 Å². The Balaban J connectivity index is 2.24. The molecule has 0 spiro atoms. The molecule has 0 fully saturated rings. The highest BCUT2D eigenvalue weighted by Crippen LogP contribution is 2.42. The van der Waals surface area contributed by atoms with E-state index in [1.165, 1.54) is 12.1 Å². The Morgan fingerprint density at radius 2 is 1.63 bits per heavy atom. The summed E-state index contributed by atoms with van der Waals surface area (Å²) in [7, 11) is 0. The van der Waals surface area contributed by atoms with Crippen molar-refractivity contribution in [3.63, 3.8) is 0 Å². The molecule has 0 atom stereocenters. The van der Waals surface area contributed by atoms with Gasteiger partial charge in [-0.1, -0.05) is 36.4 Å². The van der Waals surface area contributed by atoms with Crippen molar-refractivity contribution in [3.05, 3.63) is 59.7 Å². The fraction of sp³-hybridized carbons (Fsp3) is 0.143. The molecular weight excluding hydrogens is 273 g/mol. The highest BCUT2D eigenvalue weighted by atomic mass is 32.2. The third-order valence-corrected chi connectivity index (χ3v) is 3.65. The summed E-state index contributed by atoms with van der Waals surface area (Å²) in [6.45, 7) is 0. The van der Waals surface area contributed by atoms with Crippen molar-refractivity contribution in [1.82, 2.24) is 0 Å². The predicted molar refractivity (Wildman–Crippen MR) is 69.1 cm³/mol. The first kappa shape index (κ1) is 13.8. The van der Waals surface area contributed by atoms with Gasteiger partial charge in [0.1, 0.15) is 11.3 Å². The van der Waals surface area contributed by atoms with Gasteiger partial charge in [0.25, 0.3) is 0 Å². The molecule has 0 saturated carbocycles. The Bertz CT molecular complexity index is 552. The molecule has 0 heterocycles. The average molecular weight is 284 g/mol. The van der Waals surface area contributed by atoms with Gasteiger partial charge in [-0.3, -0.25) is 0 Å². The Morgan fingerprint density at radius 3 is 2.26 bits per heavy atom. The summed E-state index contributed by atoms with van der Waals surface area (Å²) in [5, 5.41) is 9.39. The van der Waals surface area contributed by atoms with E-state index in [2.05, 4.69) is 0 Å². The van der Waals surface area contributed by atoms with Crippen LogP contribution in [0.3, 0.4) is 0 Å².